The van der Waals surface area contributed by atoms with E-state index in [1.807, 2.05) is 12.2 Å². The molecule has 2 heteroatoms. The maximum Gasteiger partial charge on any atom is 0.235 e. The molecule has 0 spiro atoms. The molecule has 2 nitrogen and oxygen atoms in total. The number of nitrogens with zero attached hydrogens (tertiary/aromatic N) is 1. The first-order valence-corrected chi connectivity index (χ1v) is 9.38. The molecule has 131 valence electrons. The van der Waals surface area contributed by atoms with Gasteiger partial charge in [0.05, 0.1) is 6.04 Å². The Bertz CT molecular complexity index is 331. The van der Waals surface area contributed by atoms with Crippen LogP contribution in [0.5, 0.6) is 0 Å². The molecule has 2 atom stereocenters. The Balaban J connectivity index is 3.84. The van der Waals surface area contributed by atoms with Crippen LogP contribution in [0.1, 0.15) is 84.0 Å². The van der Waals surface area contributed by atoms with Crippen molar-refractivity contribution in [1.29, 1.82) is 0 Å². The monoisotopic (exact) mass is 318 g/mol. The van der Waals surface area contributed by atoms with Crippen molar-refractivity contribution in [2.45, 2.75) is 90.0 Å². The van der Waals surface area contributed by atoms with E-state index in [1.54, 1.807) is 6.08 Å². The topological polar surface area (TPSA) is 29.4 Å². The summed E-state index contributed by atoms with van der Waals surface area (Å²) in [7, 11) is 0. The van der Waals surface area contributed by atoms with E-state index in [1.165, 1.54) is 51.4 Å². The minimum atomic E-state index is 0.0296. The molecule has 0 aromatic heterocycles. The van der Waals surface area contributed by atoms with Gasteiger partial charge in [-0.3, -0.25) is 0 Å². The van der Waals surface area contributed by atoms with Crippen molar-refractivity contribution in [2.24, 2.45) is 10.9 Å². The zero-order valence-electron chi connectivity index (χ0n) is 15.1. The van der Waals surface area contributed by atoms with Gasteiger partial charge in [-0.25, -0.2) is 9.79 Å². The van der Waals surface area contributed by atoms with E-state index in [0.29, 0.717) is 5.92 Å². The minimum Gasteiger partial charge on any atom is -0.211 e. The van der Waals surface area contributed by atoms with Crippen molar-refractivity contribution in [3.63, 3.8) is 0 Å². The van der Waals surface area contributed by atoms with E-state index in [2.05, 4.69) is 31.5 Å². The largest absolute Gasteiger partial charge is 0.235 e. The Morgan fingerprint density at radius 2 is 1.61 bits per heavy atom. The lowest BCUT2D eigenvalue weighted by Crippen LogP contribution is -2.11. The van der Waals surface area contributed by atoms with Crippen molar-refractivity contribution >= 4 is 6.08 Å². The second-order valence-electron chi connectivity index (χ2n) is 6.46. The van der Waals surface area contributed by atoms with Crippen LogP contribution in [-0.4, -0.2) is 12.1 Å². The summed E-state index contributed by atoms with van der Waals surface area (Å²) in [4.78, 5) is 14.4. The Morgan fingerprint density at radius 1 is 0.957 bits per heavy atom. The maximum absolute atomic E-state index is 10.5. The lowest BCUT2D eigenvalue weighted by molar-refractivity contribution is 0.424. The summed E-state index contributed by atoms with van der Waals surface area (Å²) in [5.41, 5.74) is 0. The van der Waals surface area contributed by atoms with Gasteiger partial charge in [-0.05, 0) is 38.0 Å². The lowest BCUT2D eigenvalue weighted by Gasteiger charge is -2.18. The van der Waals surface area contributed by atoms with Crippen LogP contribution in [0, 0.1) is 12.3 Å². The molecule has 0 amide bonds. The molecule has 0 aromatic carbocycles. The third kappa shape index (κ3) is 14.2. The van der Waals surface area contributed by atoms with Crippen molar-refractivity contribution in [1.82, 2.24) is 0 Å². The predicted molar refractivity (Wildman–Crippen MR) is 101 cm³/mol. The molecule has 0 N–H and O–H groups in total. The summed E-state index contributed by atoms with van der Waals surface area (Å²) < 4.78 is 0. The molecule has 0 aliphatic rings. The average molecular weight is 319 g/mol. The Hall–Kier alpha value is -1.14. The van der Waals surface area contributed by atoms with Crippen LogP contribution < -0.4 is 0 Å². The molecule has 0 saturated carbocycles. The fraction of sp³-hybridized carbons (Fsp3) is 0.714. The highest BCUT2D eigenvalue weighted by Gasteiger charge is 2.14. The van der Waals surface area contributed by atoms with E-state index in [9.17, 15) is 4.79 Å². The van der Waals surface area contributed by atoms with Crippen LogP contribution in [0.3, 0.4) is 0 Å². The summed E-state index contributed by atoms with van der Waals surface area (Å²) >= 11 is 0. The molecular formula is C21H36NO. The van der Waals surface area contributed by atoms with Gasteiger partial charge < -0.3 is 0 Å². The molecule has 1 radical (unpaired) electrons. The van der Waals surface area contributed by atoms with E-state index < -0.39 is 0 Å². The molecule has 0 aliphatic carbocycles. The molecule has 0 fully saturated rings. The highest BCUT2D eigenvalue weighted by atomic mass is 16.1. The highest BCUT2D eigenvalue weighted by molar-refractivity contribution is 5.33. The van der Waals surface area contributed by atoms with Gasteiger partial charge in [0.15, 0.2) is 0 Å². The van der Waals surface area contributed by atoms with E-state index in [0.717, 1.165) is 25.7 Å². The van der Waals surface area contributed by atoms with Crippen LogP contribution in [0.15, 0.2) is 30.3 Å². The molecular weight excluding hydrogens is 282 g/mol. The van der Waals surface area contributed by atoms with E-state index in [4.69, 9.17) is 0 Å². The van der Waals surface area contributed by atoms with Crippen molar-refractivity contribution < 1.29 is 4.79 Å². The first kappa shape index (κ1) is 21.9. The van der Waals surface area contributed by atoms with Crippen molar-refractivity contribution in [2.75, 3.05) is 0 Å². The van der Waals surface area contributed by atoms with Gasteiger partial charge in [-0.15, -0.1) is 13.2 Å². The van der Waals surface area contributed by atoms with Crippen molar-refractivity contribution in [3.05, 3.63) is 31.7 Å². The number of rotatable bonds is 17. The van der Waals surface area contributed by atoms with Crippen molar-refractivity contribution in [3.8, 4) is 0 Å². The van der Waals surface area contributed by atoms with Gasteiger partial charge in [0.2, 0.25) is 6.08 Å². The predicted octanol–water partition coefficient (Wildman–Crippen LogP) is 6.58. The number of hydrogen-bond acceptors (Lipinski definition) is 2. The number of isocyanates is 1. The zero-order chi connectivity index (χ0) is 17.2. The molecule has 23 heavy (non-hydrogen) atoms. The third-order valence-corrected chi connectivity index (χ3v) is 4.29. The Morgan fingerprint density at radius 3 is 2.22 bits per heavy atom. The van der Waals surface area contributed by atoms with Crippen LogP contribution in [0.2, 0.25) is 0 Å². The maximum atomic E-state index is 10.5. The summed E-state index contributed by atoms with van der Waals surface area (Å²) in [6.45, 7) is 9.85. The number of carbonyl (C=O) groups excluding carboxylic acids is 1. The quantitative estimate of drug-likeness (QED) is 0.129. The van der Waals surface area contributed by atoms with Crippen LogP contribution >= 0.6 is 0 Å². The SMILES string of the molecule is C=CCC(C[CH]CCCCCCCCC)CC(CC=C)N=C=O. The third-order valence-electron chi connectivity index (χ3n) is 4.29. The number of aliphatic imine (C=N–C) groups is 1. The molecule has 0 saturated heterocycles. The van der Waals surface area contributed by atoms with Crippen LogP contribution in [-0.2, 0) is 4.79 Å². The summed E-state index contributed by atoms with van der Waals surface area (Å²) in [5.74, 6) is 0.527. The smallest absolute Gasteiger partial charge is 0.211 e. The number of hydrogen-bond donors (Lipinski definition) is 0. The Kier molecular flexibility index (Phi) is 16.4. The van der Waals surface area contributed by atoms with Crippen LogP contribution in [0.4, 0.5) is 0 Å². The fourth-order valence-electron chi connectivity index (χ4n) is 2.98. The number of unbranched alkanes of at least 4 members (excludes halogenated alkanes) is 8. The first-order chi connectivity index (χ1) is 11.3. The molecule has 0 aromatic rings. The molecule has 0 rings (SSSR count). The zero-order valence-corrected chi connectivity index (χ0v) is 15.1. The molecule has 2 unspecified atom stereocenters. The molecule has 0 aliphatic heterocycles. The number of allylic oxidation sites excluding steroid dienone is 1. The molecule has 0 bridgehead atoms. The van der Waals surface area contributed by atoms with Gasteiger partial charge >= 0.3 is 0 Å². The summed E-state index contributed by atoms with van der Waals surface area (Å²) in [6.07, 6.45) is 22.4. The second kappa shape index (κ2) is 17.2. The van der Waals surface area contributed by atoms with Gasteiger partial charge in [0, 0.05) is 0 Å². The van der Waals surface area contributed by atoms with Gasteiger partial charge in [0.1, 0.15) is 0 Å². The standard InChI is InChI=1S/C21H36NO/c1-4-7-8-9-10-11-12-13-14-17-20(15-5-2)18-21(16-6-3)22-19-23/h5-6,14,20-21H,2-4,7-13,15-18H2,1H3. The fourth-order valence-corrected chi connectivity index (χ4v) is 2.98. The average Bonchev–Trinajstić information content (AvgIpc) is 2.54. The second-order valence-corrected chi connectivity index (χ2v) is 6.46. The van der Waals surface area contributed by atoms with Gasteiger partial charge in [-0.2, -0.15) is 0 Å². The highest BCUT2D eigenvalue weighted by Crippen LogP contribution is 2.22. The molecule has 0 heterocycles. The minimum absolute atomic E-state index is 0.0296. The normalized spacial score (nSPS) is 13.1. The van der Waals surface area contributed by atoms with E-state index in [-0.39, 0.29) is 6.04 Å². The lowest BCUT2D eigenvalue weighted by atomic mass is 9.90. The van der Waals surface area contributed by atoms with Crippen LogP contribution in [0.25, 0.3) is 0 Å². The van der Waals surface area contributed by atoms with Gasteiger partial charge in [0.25, 0.3) is 0 Å². The first-order valence-electron chi connectivity index (χ1n) is 9.38. The Labute approximate surface area is 144 Å². The van der Waals surface area contributed by atoms with Gasteiger partial charge in [-0.1, -0.05) is 70.4 Å². The summed E-state index contributed by atoms with van der Waals surface area (Å²) in [6, 6.07) is 0.0296. The van der Waals surface area contributed by atoms with E-state index >= 15 is 0 Å². The summed E-state index contributed by atoms with van der Waals surface area (Å²) in [5, 5.41) is 0.